The molecular formula is C19H26N4O2S. The van der Waals surface area contributed by atoms with Crippen molar-refractivity contribution in [3.8, 4) is 0 Å². The van der Waals surface area contributed by atoms with E-state index in [2.05, 4.69) is 47.4 Å². The predicted octanol–water partition coefficient (Wildman–Crippen LogP) is 3.43. The highest BCUT2D eigenvalue weighted by molar-refractivity contribution is 7.91. The van der Waals surface area contributed by atoms with E-state index in [9.17, 15) is 8.42 Å². The van der Waals surface area contributed by atoms with E-state index in [0.29, 0.717) is 18.2 Å². The van der Waals surface area contributed by atoms with Crippen molar-refractivity contribution < 1.29 is 8.42 Å². The smallest absolute Gasteiger partial charge is 0.229 e. The average Bonchev–Trinajstić information content (AvgIpc) is 2.85. The second kappa shape index (κ2) is 6.87. The van der Waals surface area contributed by atoms with Crippen molar-refractivity contribution in [2.75, 3.05) is 22.1 Å². The summed E-state index contributed by atoms with van der Waals surface area (Å²) in [7, 11) is -2.93. The van der Waals surface area contributed by atoms with E-state index in [4.69, 9.17) is 0 Å². The summed E-state index contributed by atoms with van der Waals surface area (Å²) in [5, 5.41) is 6.56. The van der Waals surface area contributed by atoms with Gasteiger partial charge in [-0.05, 0) is 30.4 Å². The molecule has 0 radical (unpaired) electrons. The first kappa shape index (κ1) is 18.6. The number of nitrogens with one attached hydrogen (secondary N) is 2. The number of para-hydroxylation sites is 1. The van der Waals surface area contributed by atoms with Crippen LogP contribution in [0.25, 0.3) is 0 Å². The lowest BCUT2D eigenvalue weighted by atomic mass is 9.86. The zero-order chi connectivity index (χ0) is 18.9. The van der Waals surface area contributed by atoms with Gasteiger partial charge in [-0.2, -0.15) is 4.98 Å². The molecule has 0 saturated carbocycles. The molecule has 1 aromatic heterocycles. The quantitative estimate of drug-likeness (QED) is 0.853. The molecule has 6 nitrogen and oxygen atoms in total. The Bertz CT molecular complexity index is 904. The van der Waals surface area contributed by atoms with E-state index in [0.717, 1.165) is 11.4 Å². The Balaban J connectivity index is 1.83. The molecule has 3 rings (SSSR count). The second-order valence-corrected chi connectivity index (χ2v) is 10.1. The Morgan fingerprint density at radius 3 is 2.54 bits per heavy atom. The lowest BCUT2D eigenvalue weighted by molar-refractivity contribution is 0.592. The summed E-state index contributed by atoms with van der Waals surface area (Å²) in [4.78, 5) is 9.01. The highest BCUT2D eigenvalue weighted by atomic mass is 32.2. The maximum Gasteiger partial charge on any atom is 0.229 e. The van der Waals surface area contributed by atoms with Crippen LogP contribution in [0, 0.1) is 6.92 Å². The van der Waals surface area contributed by atoms with Gasteiger partial charge in [-0.25, -0.2) is 13.4 Å². The van der Waals surface area contributed by atoms with Gasteiger partial charge in [-0.15, -0.1) is 0 Å². The lowest BCUT2D eigenvalue weighted by Crippen LogP contribution is -2.21. The average molecular weight is 375 g/mol. The SMILES string of the molecule is Cc1cc(NC2CCS(=O)(=O)C2)nc(Nc2ccccc2C(C)(C)C)n1. The number of nitrogens with zero attached hydrogens (tertiary/aromatic N) is 2. The number of benzene rings is 1. The number of rotatable bonds is 4. The molecule has 0 amide bonds. The fraction of sp³-hybridized carbons (Fsp3) is 0.474. The van der Waals surface area contributed by atoms with Crippen molar-refractivity contribution in [3.05, 3.63) is 41.6 Å². The number of hydrogen-bond acceptors (Lipinski definition) is 6. The van der Waals surface area contributed by atoms with Crippen molar-refractivity contribution in [2.45, 2.75) is 45.6 Å². The number of aryl methyl sites for hydroxylation is 1. The zero-order valence-corrected chi connectivity index (χ0v) is 16.5. The van der Waals surface area contributed by atoms with Crippen LogP contribution in [0.2, 0.25) is 0 Å². The van der Waals surface area contributed by atoms with Crippen LogP contribution in [0.4, 0.5) is 17.5 Å². The minimum absolute atomic E-state index is 0.00724. The molecule has 7 heteroatoms. The minimum Gasteiger partial charge on any atom is -0.366 e. The third-order valence-electron chi connectivity index (χ3n) is 4.42. The predicted molar refractivity (Wildman–Crippen MR) is 106 cm³/mol. The first-order valence-electron chi connectivity index (χ1n) is 8.81. The number of aromatic nitrogens is 2. The summed E-state index contributed by atoms with van der Waals surface area (Å²) < 4.78 is 23.3. The topological polar surface area (TPSA) is 84.0 Å². The summed E-state index contributed by atoms with van der Waals surface area (Å²) in [6.07, 6.45) is 0.612. The van der Waals surface area contributed by atoms with Gasteiger partial charge in [-0.1, -0.05) is 39.0 Å². The monoisotopic (exact) mass is 374 g/mol. The van der Waals surface area contributed by atoms with Crippen molar-refractivity contribution in [3.63, 3.8) is 0 Å². The molecule has 0 bridgehead atoms. The van der Waals surface area contributed by atoms with Crippen LogP contribution < -0.4 is 10.6 Å². The maximum absolute atomic E-state index is 11.7. The molecular weight excluding hydrogens is 348 g/mol. The van der Waals surface area contributed by atoms with Gasteiger partial charge in [0.15, 0.2) is 9.84 Å². The highest BCUT2D eigenvalue weighted by Gasteiger charge is 2.28. The summed E-state index contributed by atoms with van der Waals surface area (Å²) in [6.45, 7) is 8.40. The van der Waals surface area contributed by atoms with Gasteiger partial charge in [0, 0.05) is 23.5 Å². The Morgan fingerprint density at radius 1 is 1.15 bits per heavy atom. The Morgan fingerprint density at radius 2 is 1.88 bits per heavy atom. The molecule has 1 aromatic carbocycles. The van der Waals surface area contributed by atoms with Crippen LogP contribution in [0.1, 0.15) is 38.4 Å². The summed E-state index contributed by atoms with van der Waals surface area (Å²) in [5.41, 5.74) is 2.97. The standard InChI is InChI=1S/C19H26N4O2S/c1-13-11-17(21-14-9-10-26(24,25)12-14)23-18(20-13)22-16-8-6-5-7-15(16)19(2,3)4/h5-8,11,14H,9-10,12H2,1-4H3,(H2,20,21,22,23). The molecule has 1 aliphatic rings. The molecule has 2 N–H and O–H groups in total. The second-order valence-electron chi connectivity index (χ2n) is 7.88. The van der Waals surface area contributed by atoms with Gasteiger partial charge in [0.2, 0.25) is 5.95 Å². The van der Waals surface area contributed by atoms with Crippen molar-refractivity contribution in [2.24, 2.45) is 0 Å². The highest BCUT2D eigenvalue weighted by Crippen LogP contribution is 2.30. The Kier molecular flexibility index (Phi) is 4.92. The number of hydrogen-bond donors (Lipinski definition) is 2. The van der Waals surface area contributed by atoms with Gasteiger partial charge in [0.1, 0.15) is 5.82 Å². The molecule has 1 aliphatic heterocycles. The van der Waals surface area contributed by atoms with E-state index >= 15 is 0 Å². The van der Waals surface area contributed by atoms with Crippen LogP contribution in [0.5, 0.6) is 0 Å². The van der Waals surface area contributed by atoms with Crippen LogP contribution in [-0.2, 0) is 15.3 Å². The summed E-state index contributed by atoms with van der Waals surface area (Å²) in [5.74, 6) is 1.55. The zero-order valence-electron chi connectivity index (χ0n) is 15.7. The maximum atomic E-state index is 11.7. The molecule has 0 spiro atoms. The van der Waals surface area contributed by atoms with E-state index in [1.807, 2.05) is 31.2 Å². The largest absolute Gasteiger partial charge is 0.366 e. The molecule has 140 valence electrons. The van der Waals surface area contributed by atoms with Gasteiger partial charge in [0.25, 0.3) is 0 Å². The first-order chi connectivity index (χ1) is 12.1. The number of sulfone groups is 1. The van der Waals surface area contributed by atoms with Crippen molar-refractivity contribution in [1.29, 1.82) is 0 Å². The molecule has 1 unspecified atom stereocenters. The Labute approximate surface area is 155 Å². The van der Waals surface area contributed by atoms with Gasteiger partial charge < -0.3 is 10.6 Å². The summed E-state index contributed by atoms with van der Waals surface area (Å²) in [6, 6.07) is 9.87. The van der Waals surface area contributed by atoms with Crippen molar-refractivity contribution >= 4 is 27.3 Å². The van der Waals surface area contributed by atoms with Crippen LogP contribution in [-0.4, -0.2) is 35.9 Å². The van der Waals surface area contributed by atoms with Crippen LogP contribution in [0.15, 0.2) is 30.3 Å². The van der Waals surface area contributed by atoms with Gasteiger partial charge >= 0.3 is 0 Å². The fourth-order valence-electron chi connectivity index (χ4n) is 3.18. The lowest BCUT2D eigenvalue weighted by Gasteiger charge is -2.23. The van der Waals surface area contributed by atoms with E-state index < -0.39 is 9.84 Å². The first-order valence-corrected chi connectivity index (χ1v) is 10.6. The molecule has 1 atom stereocenters. The van der Waals surface area contributed by atoms with Crippen molar-refractivity contribution in [1.82, 2.24) is 9.97 Å². The Hall–Kier alpha value is -2.15. The third-order valence-corrected chi connectivity index (χ3v) is 6.19. The number of anilines is 3. The van der Waals surface area contributed by atoms with E-state index in [1.165, 1.54) is 5.56 Å². The van der Waals surface area contributed by atoms with Gasteiger partial charge in [-0.3, -0.25) is 0 Å². The summed E-state index contributed by atoms with van der Waals surface area (Å²) >= 11 is 0. The molecule has 26 heavy (non-hydrogen) atoms. The third kappa shape index (κ3) is 4.52. The minimum atomic E-state index is -2.93. The van der Waals surface area contributed by atoms with E-state index in [1.54, 1.807) is 0 Å². The molecule has 0 aliphatic carbocycles. The normalized spacial score (nSPS) is 19.3. The van der Waals surface area contributed by atoms with E-state index in [-0.39, 0.29) is 23.0 Å². The molecule has 2 aromatic rings. The van der Waals surface area contributed by atoms with Crippen LogP contribution >= 0.6 is 0 Å². The fourth-order valence-corrected chi connectivity index (χ4v) is 4.86. The van der Waals surface area contributed by atoms with Gasteiger partial charge in [0.05, 0.1) is 11.5 Å². The van der Waals surface area contributed by atoms with Crippen LogP contribution in [0.3, 0.4) is 0 Å². The molecule has 2 heterocycles. The molecule has 1 saturated heterocycles. The molecule has 1 fully saturated rings.